The third-order valence-corrected chi connectivity index (χ3v) is 2.53. The topological polar surface area (TPSA) is 32.3 Å². The van der Waals surface area contributed by atoms with Gasteiger partial charge in [0.15, 0.2) is 0 Å². The quantitative estimate of drug-likeness (QED) is 0.733. The Balaban J connectivity index is 3.95. The Hall–Kier alpha value is -0.0800. The Bertz CT molecular complexity index is 176. The summed E-state index contributed by atoms with van der Waals surface area (Å²) in [6.07, 6.45) is 2.08. The maximum Gasteiger partial charge on any atom is 0.0434 e. The summed E-state index contributed by atoms with van der Waals surface area (Å²) in [5.41, 5.74) is 0.689. The van der Waals surface area contributed by atoms with Crippen LogP contribution >= 0.6 is 0 Å². The van der Waals surface area contributed by atoms with E-state index in [0.29, 0.717) is 23.4 Å². The fourth-order valence-corrected chi connectivity index (χ4v) is 1.98. The van der Waals surface area contributed by atoms with Crippen LogP contribution in [0.2, 0.25) is 0 Å². The summed E-state index contributed by atoms with van der Waals surface area (Å²) in [7, 11) is 0. The van der Waals surface area contributed by atoms with Crippen LogP contribution in [-0.2, 0) is 0 Å². The van der Waals surface area contributed by atoms with Crippen LogP contribution in [0.5, 0.6) is 0 Å². The first-order valence-electron chi connectivity index (χ1n) is 6.46. The number of rotatable bonds is 6. The van der Waals surface area contributed by atoms with Gasteiger partial charge in [-0.3, -0.25) is 0 Å². The second kappa shape index (κ2) is 6.61. The average Bonchev–Trinajstić information content (AvgIpc) is 1.98. The van der Waals surface area contributed by atoms with Crippen molar-refractivity contribution in [2.45, 2.75) is 54.4 Å². The molecule has 0 rings (SSSR count). The van der Waals surface area contributed by atoms with Crippen LogP contribution in [0.1, 0.15) is 54.4 Å². The molecule has 1 atom stereocenters. The lowest BCUT2D eigenvalue weighted by atomic mass is 9.83. The Labute approximate surface area is 102 Å². The molecule has 0 amide bonds. The van der Waals surface area contributed by atoms with Crippen molar-refractivity contribution in [3.63, 3.8) is 0 Å². The summed E-state index contributed by atoms with van der Waals surface area (Å²) in [5.74, 6) is 0.590. The highest BCUT2D eigenvalue weighted by atomic mass is 16.3. The molecule has 2 nitrogen and oxygen atoms in total. The van der Waals surface area contributed by atoms with Gasteiger partial charge in [-0.2, -0.15) is 0 Å². The minimum Gasteiger partial charge on any atom is -0.396 e. The lowest BCUT2D eigenvalue weighted by Crippen LogP contribution is -2.32. The molecule has 0 saturated heterocycles. The highest BCUT2D eigenvalue weighted by Gasteiger charge is 2.19. The molecule has 0 aromatic heterocycles. The van der Waals surface area contributed by atoms with E-state index < -0.39 is 0 Å². The Morgan fingerprint density at radius 1 is 1.00 bits per heavy atom. The van der Waals surface area contributed by atoms with Gasteiger partial charge >= 0.3 is 0 Å². The molecule has 0 aliphatic heterocycles. The first-order chi connectivity index (χ1) is 7.14. The SMILES string of the molecule is CC(C)(C)CNC[C@@H](CCO)CC(C)(C)C. The van der Waals surface area contributed by atoms with Crippen LogP contribution in [0.25, 0.3) is 0 Å². The van der Waals surface area contributed by atoms with E-state index in [-0.39, 0.29) is 0 Å². The normalized spacial score (nSPS) is 15.2. The molecular formula is C14H31NO. The van der Waals surface area contributed by atoms with E-state index in [2.05, 4.69) is 46.9 Å². The van der Waals surface area contributed by atoms with Gasteiger partial charge in [-0.05, 0) is 42.7 Å². The van der Waals surface area contributed by atoms with E-state index in [0.717, 1.165) is 19.5 Å². The van der Waals surface area contributed by atoms with Crippen molar-refractivity contribution >= 4 is 0 Å². The zero-order valence-corrected chi connectivity index (χ0v) is 12.1. The predicted octanol–water partition coefficient (Wildman–Crippen LogP) is 3.06. The third-order valence-electron chi connectivity index (χ3n) is 2.53. The van der Waals surface area contributed by atoms with Gasteiger partial charge < -0.3 is 10.4 Å². The number of hydrogen-bond donors (Lipinski definition) is 2. The van der Waals surface area contributed by atoms with Gasteiger partial charge in [0.25, 0.3) is 0 Å². The first-order valence-corrected chi connectivity index (χ1v) is 6.46. The summed E-state index contributed by atoms with van der Waals surface area (Å²) in [6, 6.07) is 0. The highest BCUT2D eigenvalue weighted by Crippen LogP contribution is 2.26. The Morgan fingerprint density at radius 3 is 1.94 bits per heavy atom. The number of aliphatic hydroxyl groups excluding tert-OH is 1. The summed E-state index contributed by atoms with van der Waals surface area (Å²) in [4.78, 5) is 0. The second-order valence-corrected chi connectivity index (χ2v) is 7.33. The molecule has 0 bridgehead atoms. The lowest BCUT2D eigenvalue weighted by Gasteiger charge is -2.27. The molecule has 0 unspecified atom stereocenters. The van der Waals surface area contributed by atoms with Crippen molar-refractivity contribution in [2.24, 2.45) is 16.7 Å². The third kappa shape index (κ3) is 10.4. The van der Waals surface area contributed by atoms with E-state index in [1.165, 1.54) is 6.42 Å². The minimum absolute atomic E-state index is 0.304. The summed E-state index contributed by atoms with van der Waals surface area (Å²) >= 11 is 0. The molecule has 0 aliphatic carbocycles. The van der Waals surface area contributed by atoms with Gasteiger partial charge in [0, 0.05) is 6.61 Å². The second-order valence-electron chi connectivity index (χ2n) is 7.33. The number of hydrogen-bond acceptors (Lipinski definition) is 2. The predicted molar refractivity (Wildman–Crippen MR) is 71.6 cm³/mol. The molecule has 0 heterocycles. The maximum atomic E-state index is 9.06. The molecule has 0 spiro atoms. The minimum atomic E-state index is 0.304. The molecule has 0 fully saturated rings. The van der Waals surface area contributed by atoms with Gasteiger partial charge in [0.05, 0.1) is 0 Å². The Kier molecular flexibility index (Phi) is 6.57. The lowest BCUT2D eigenvalue weighted by molar-refractivity contribution is 0.210. The molecular weight excluding hydrogens is 198 g/mol. The largest absolute Gasteiger partial charge is 0.396 e. The van der Waals surface area contributed by atoms with Crippen LogP contribution in [0.4, 0.5) is 0 Å². The van der Waals surface area contributed by atoms with Gasteiger partial charge in [-0.25, -0.2) is 0 Å². The zero-order valence-electron chi connectivity index (χ0n) is 12.1. The van der Waals surface area contributed by atoms with E-state index in [4.69, 9.17) is 5.11 Å². The van der Waals surface area contributed by atoms with E-state index in [1.807, 2.05) is 0 Å². The fraction of sp³-hybridized carbons (Fsp3) is 1.00. The van der Waals surface area contributed by atoms with E-state index in [9.17, 15) is 0 Å². The smallest absolute Gasteiger partial charge is 0.0434 e. The van der Waals surface area contributed by atoms with Crippen LogP contribution in [-0.4, -0.2) is 24.8 Å². The van der Waals surface area contributed by atoms with Crippen molar-refractivity contribution < 1.29 is 5.11 Å². The van der Waals surface area contributed by atoms with Crippen LogP contribution in [0.3, 0.4) is 0 Å². The van der Waals surface area contributed by atoms with Gasteiger partial charge in [0.2, 0.25) is 0 Å². The average molecular weight is 229 g/mol. The Morgan fingerprint density at radius 2 is 1.56 bits per heavy atom. The standard InChI is InChI=1S/C14H31NO/c1-13(2,3)9-12(7-8-16)10-15-11-14(4,5)6/h12,15-16H,7-11H2,1-6H3/t12-/m0/s1. The molecule has 0 aromatic rings. The number of aliphatic hydroxyl groups is 1. The molecule has 2 heteroatoms. The van der Waals surface area contributed by atoms with Crippen LogP contribution in [0, 0.1) is 16.7 Å². The van der Waals surface area contributed by atoms with Crippen molar-refractivity contribution in [1.82, 2.24) is 5.32 Å². The molecule has 0 radical (unpaired) electrons. The van der Waals surface area contributed by atoms with Crippen LogP contribution in [0.15, 0.2) is 0 Å². The maximum absolute atomic E-state index is 9.06. The molecule has 0 aromatic carbocycles. The number of nitrogens with one attached hydrogen (secondary N) is 1. The summed E-state index contributed by atoms with van der Waals surface area (Å²) < 4.78 is 0. The summed E-state index contributed by atoms with van der Waals surface area (Å²) in [6.45, 7) is 15.9. The zero-order chi connectivity index (χ0) is 12.8. The highest BCUT2D eigenvalue weighted by molar-refractivity contribution is 4.73. The van der Waals surface area contributed by atoms with Gasteiger partial charge in [0.1, 0.15) is 0 Å². The van der Waals surface area contributed by atoms with Crippen LogP contribution < -0.4 is 5.32 Å². The van der Waals surface area contributed by atoms with Gasteiger partial charge in [-0.15, -0.1) is 0 Å². The molecule has 16 heavy (non-hydrogen) atoms. The monoisotopic (exact) mass is 229 g/mol. The molecule has 0 saturated carbocycles. The van der Waals surface area contributed by atoms with E-state index in [1.54, 1.807) is 0 Å². The fourth-order valence-electron chi connectivity index (χ4n) is 1.98. The van der Waals surface area contributed by atoms with Crippen molar-refractivity contribution in [3.05, 3.63) is 0 Å². The first kappa shape index (κ1) is 15.9. The van der Waals surface area contributed by atoms with Crippen molar-refractivity contribution in [2.75, 3.05) is 19.7 Å². The molecule has 2 N–H and O–H groups in total. The van der Waals surface area contributed by atoms with Crippen molar-refractivity contribution in [3.8, 4) is 0 Å². The molecule has 0 aliphatic rings. The van der Waals surface area contributed by atoms with Crippen molar-refractivity contribution in [1.29, 1.82) is 0 Å². The molecule has 98 valence electrons. The summed E-state index contributed by atoms with van der Waals surface area (Å²) in [5, 5.41) is 12.6. The van der Waals surface area contributed by atoms with Gasteiger partial charge in [-0.1, -0.05) is 41.5 Å². The van der Waals surface area contributed by atoms with E-state index >= 15 is 0 Å².